The fraction of sp³-hybridized carbons (Fsp3) is 0.375. The Hall–Kier alpha value is -3.22. The molecular weight excluding hydrogens is 397 g/mol. The molecule has 0 saturated carbocycles. The second-order valence-corrected chi connectivity index (χ2v) is 7.92. The summed E-state index contributed by atoms with van der Waals surface area (Å²) in [5.74, 6) is -0.504. The number of nitrogens with zero attached hydrogens (tertiary/aromatic N) is 2. The Kier molecular flexibility index (Phi) is 6.30. The van der Waals surface area contributed by atoms with E-state index in [2.05, 4.69) is 9.97 Å². The molecule has 1 amide bonds. The van der Waals surface area contributed by atoms with E-state index in [1.165, 1.54) is 19.2 Å². The van der Waals surface area contributed by atoms with Crippen LogP contribution in [0, 0.1) is 11.7 Å². The summed E-state index contributed by atoms with van der Waals surface area (Å²) in [6.07, 6.45) is 4.71. The molecular formula is C24H26FN3O3. The minimum absolute atomic E-state index is 0.0914. The molecule has 0 bridgehead atoms. The minimum Gasteiger partial charge on any atom is -0.469 e. The zero-order valence-corrected chi connectivity index (χ0v) is 17.6. The van der Waals surface area contributed by atoms with Gasteiger partial charge in [-0.3, -0.25) is 14.6 Å². The van der Waals surface area contributed by atoms with Gasteiger partial charge in [0, 0.05) is 36.6 Å². The van der Waals surface area contributed by atoms with Crippen LogP contribution in [0.4, 0.5) is 4.39 Å². The van der Waals surface area contributed by atoms with Crippen LogP contribution in [0.2, 0.25) is 0 Å². The zero-order chi connectivity index (χ0) is 21.8. The van der Waals surface area contributed by atoms with Gasteiger partial charge >= 0.3 is 5.97 Å². The molecule has 162 valence electrons. The summed E-state index contributed by atoms with van der Waals surface area (Å²) < 4.78 is 18.7. The molecule has 6 nitrogen and oxygen atoms in total. The molecule has 3 aromatic rings. The number of carbonyl (C=O) groups excluding carboxylic acids is 2. The zero-order valence-electron chi connectivity index (χ0n) is 17.6. The van der Waals surface area contributed by atoms with E-state index in [-0.39, 0.29) is 23.6 Å². The van der Waals surface area contributed by atoms with Gasteiger partial charge in [0.1, 0.15) is 5.82 Å². The van der Waals surface area contributed by atoms with Gasteiger partial charge in [-0.25, -0.2) is 4.39 Å². The first-order valence-electron chi connectivity index (χ1n) is 10.6. The third-order valence-corrected chi connectivity index (χ3v) is 5.99. The Labute approximate surface area is 180 Å². The number of ether oxygens (including phenoxy) is 1. The van der Waals surface area contributed by atoms with Crippen molar-refractivity contribution in [1.29, 1.82) is 0 Å². The first-order valence-corrected chi connectivity index (χ1v) is 10.6. The lowest BCUT2D eigenvalue weighted by Crippen LogP contribution is -2.40. The number of methoxy groups -OCH3 is 1. The van der Waals surface area contributed by atoms with Crippen LogP contribution in [0.15, 0.2) is 42.6 Å². The van der Waals surface area contributed by atoms with Crippen molar-refractivity contribution in [3.63, 3.8) is 0 Å². The highest BCUT2D eigenvalue weighted by Gasteiger charge is 2.27. The summed E-state index contributed by atoms with van der Waals surface area (Å²) in [5, 5.41) is 0.826. The molecule has 1 fully saturated rings. The van der Waals surface area contributed by atoms with Gasteiger partial charge in [-0.2, -0.15) is 0 Å². The second kappa shape index (κ2) is 9.29. The van der Waals surface area contributed by atoms with Gasteiger partial charge in [0.15, 0.2) is 0 Å². The number of aromatic nitrogens is 2. The molecule has 1 saturated heterocycles. The third-order valence-electron chi connectivity index (χ3n) is 5.99. The molecule has 0 spiro atoms. The third kappa shape index (κ3) is 4.60. The number of esters is 1. The molecule has 31 heavy (non-hydrogen) atoms. The lowest BCUT2D eigenvalue weighted by Gasteiger charge is -2.30. The minimum atomic E-state index is -0.287. The summed E-state index contributed by atoms with van der Waals surface area (Å²) in [6, 6.07) is 10.4. The molecule has 0 atom stereocenters. The maximum absolute atomic E-state index is 13.9. The fourth-order valence-corrected chi connectivity index (χ4v) is 4.31. The monoisotopic (exact) mass is 423 g/mol. The number of hydrogen-bond donors (Lipinski definition) is 1. The molecule has 0 unspecified atom stereocenters. The van der Waals surface area contributed by atoms with Gasteiger partial charge in [-0.05, 0) is 61.6 Å². The number of aromatic amines is 1. The number of aryl methyl sites for hydroxylation is 1. The van der Waals surface area contributed by atoms with Gasteiger partial charge in [-0.1, -0.05) is 6.07 Å². The fourth-order valence-electron chi connectivity index (χ4n) is 4.31. The number of likely N-dealkylation sites (tertiary alicyclic amines) is 1. The Morgan fingerprint density at radius 2 is 2.03 bits per heavy atom. The SMILES string of the molecule is COC(=O)C1CCN(C(=O)CCCc2c(-c3ccccn3)[nH]c3ccc(F)cc23)CC1. The molecule has 1 aliphatic heterocycles. The van der Waals surface area contributed by atoms with Crippen LogP contribution >= 0.6 is 0 Å². The van der Waals surface area contributed by atoms with Crippen LogP contribution in [-0.2, 0) is 20.7 Å². The number of carbonyl (C=O) groups is 2. The number of amides is 1. The molecule has 7 heteroatoms. The Morgan fingerprint density at radius 3 is 2.74 bits per heavy atom. The van der Waals surface area contributed by atoms with Gasteiger partial charge in [0.05, 0.1) is 24.4 Å². The van der Waals surface area contributed by atoms with E-state index in [4.69, 9.17) is 4.74 Å². The number of nitrogens with one attached hydrogen (secondary N) is 1. The first kappa shape index (κ1) is 21.0. The van der Waals surface area contributed by atoms with E-state index in [1.54, 1.807) is 12.3 Å². The van der Waals surface area contributed by atoms with E-state index in [9.17, 15) is 14.0 Å². The Balaban J connectivity index is 1.44. The average Bonchev–Trinajstić information content (AvgIpc) is 3.17. The second-order valence-electron chi connectivity index (χ2n) is 7.92. The van der Waals surface area contributed by atoms with Crippen molar-refractivity contribution in [3.8, 4) is 11.4 Å². The quantitative estimate of drug-likeness (QED) is 0.606. The van der Waals surface area contributed by atoms with Crippen LogP contribution in [-0.4, -0.2) is 46.9 Å². The van der Waals surface area contributed by atoms with Crippen LogP contribution in [0.3, 0.4) is 0 Å². The van der Waals surface area contributed by atoms with E-state index in [0.717, 1.165) is 27.9 Å². The number of hydrogen-bond acceptors (Lipinski definition) is 4. The van der Waals surface area contributed by atoms with Crippen molar-refractivity contribution < 1.29 is 18.7 Å². The molecule has 1 aromatic carbocycles. The predicted molar refractivity (Wildman–Crippen MR) is 116 cm³/mol. The largest absolute Gasteiger partial charge is 0.469 e. The summed E-state index contributed by atoms with van der Waals surface area (Å²) in [6.45, 7) is 1.16. The van der Waals surface area contributed by atoms with Gasteiger partial charge in [-0.15, -0.1) is 0 Å². The van der Waals surface area contributed by atoms with Crippen molar-refractivity contribution >= 4 is 22.8 Å². The number of piperidine rings is 1. The van der Waals surface area contributed by atoms with E-state index in [0.29, 0.717) is 45.2 Å². The molecule has 3 heterocycles. The van der Waals surface area contributed by atoms with Crippen LogP contribution < -0.4 is 0 Å². The highest BCUT2D eigenvalue weighted by atomic mass is 19.1. The van der Waals surface area contributed by atoms with Gasteiger partial charge < -0.3 is 14.6 Å². The van der Waals surface area contributed by atoms with E-state index < -0.39 is 0 Å². The Morgan fingerprint density at radius 1 is 1.23 bits per heavy atom. The van der Waals surface area contributed by atoms with Crippen molar-refractivity contribution in [2.45, 2.75) is 32.1 Å². The van der Waals surface area contributed by atoms with Gasteiger partial charge in [0.25, 0.3) is 0 Å². The molecule has 1 N–H and O–H groups in total. The smallest absolute Gasteiger partial charge is 0.308 e. The number of pyridine rings is 1. The first-order chi connectivity index (χ1) is 15.1. The highest BCUT2D eigenvalue weighted by molar-refractivity contribution is 5.90. The van der Waals surface area contributed by atoms with Crippen molar-refractivity contribution in [2.24, 2.45) is 5.92 Å². The Bertz CT molecular complexity index is 1070. The lowest BCUT2D eigenvalue weighted by molar-refractivity contribution is -0.148. The van der Waals surface area contributed by atoms with Crippen LogP contribution in [0.1, 0.15) is 31.2 Å². The van der Waals surface area contributed by atoms with Crippen molar-refractivity contribution in [3.05, 3.63) is 54.0 Å². The molecule has 0 aliphatic carbocycles. The van der Waals surface area contributed by atoms with Crippen LogP contribution in [0.25, 0.3) is 22.3 Å². The maximum atomic E-state index is 13.9. The normalized spacial score (nSPS) is 14.7. The predicted octanol–water partition coefficient (Wildman–Crippen LogP) is 4.10. The molecule has 1 aliphatic rings. The van der Waals surface area contributed by atoms with Crippen molar-refractivity contribution in [1.82, 2.24) is 14.9 Å². The standard InChI is InChI=1S/C24H26FN3O3/c1-31-24(30)16-10-13-28(14-11-16)22(29)7-4-5-18-19-15-17(25)8-9-20(19)27-23(18)21-6-2-3-12-26-21/h2-3,6,8-9,12,15-16,27H,4-5,7,10-11,13-14H2,1H3. The van der Waals surface area contributed by atoms with Gasteiger partial charge in [0.2, 0.25) is 5.91 Å². The van der Waals surface area contributed by atoms with E-state index in [1.807, 2.05) is 23.1 Å². The number of rotatable bonds is 6. The van der Waals surface area contributed by atoms with Crippen molar-refractivity contribution in [2.75, 3.05) is 20.2 Å². The molecule has 2 aromatic heterocycles. The topological polar surface area (TPSA) is 75.3 Å². The highest BCUT2D eigenvalue weighted by Crippen LogP contribution is 2.31. The average molecular weight is 423 g/mol. The molecule has 0 radical (unpaired) electrons. The summed E-state index contributed by atoms with van der Waals surface area (Å²) in [4.78, 5) is 34.0. The summed E-state index contributed by atoms with van der Waals surface area (Å²) in [7, 11) is 1.40. The number of halogens is 1. The number of benzene rings is 1. The number of fused-ring (bicyclic) bond motifs is 1. The summed E-state index contributed by atoms with van der Waals surface area (Å²) in [5.41, 5.74) is 3.50. The summed E-state index contributed by atoms with van der Waals surface area (Å²) >= 11 is 0. The maximum Gasteiger partial charge on any atom is 0.308 e. The number of H-pyrrole nitrogens is 1. The van der Waals surface area contributed by atoms with Crippen LogP contribution in [0.5, 0.6) is 0 Å². The molecule has 4 rings (SSSR count). The van der Waals surface area contributed by atoms with E-state index >= 15 is 0 Å². The lowest BCUT2D eigenvalue weighted by atomic mass is 9.96.